The molecule has 0 aromatic carbocycles. The number of amides is 1. The van der Waals surface area contributed by atoms with Gasteiger partial charge in [0.2, 0.25) is 5.91 Å². The van der Waals surface area contributed by atoms with E-state index in [4.69, 9.17) is 5.11 Å². The smallest absolute Gasteiger partial charge is 0.313 e. The minimum atomic E-state index is -0.863. The summed E-state index contributed by atoms with van der Waals surface area (Å²) >= 11 is 1.18. The molecule has 0 aromatic rings. The second kappa shape index (κ2) is 6.13. The summed E-state index contributed by atoms with van der Waals surface area (Å²) in [6.45, 7) is 5.05. The third-order valence-electron chi connectivity index (χ3n) is 3.15. The van der Waals surface area contributed by atoms with Crippen LogP contribution in [-0.2, 0) is 9.59 Å². The molecule has 92 valence electrons. The Bertz CT molecular complexity index is 270. The summed E-state index contributed by atoms with van der Waals surface area (Å²) in [5.41, 5.74) is 0. The van der Waals surface area contributed by atoms with Crippen molar-refractivity contribution < 1.29 is 14.7 Å². The van der Waals surface area contributed by atoms with Crippen molar-refractivity contribution in [1.29, 1.82) is 0 Å². The molecule has 1 heterocycles. The summed E-state index contributed by atoms with van der Waals surface area (Å²) in [5, 5.41) is 8.49. The Kier molecular flexibility index (Phi) is 5.12. The van der Waals surface area contributed by atoms with Crippen LogP contribution in [0.4, 0.5) is 0 Å². The molecule has 1 saturated heterocycles. The molecule has 1 amide bonds. The minimum absolute atomic E-state index is 0.00349. The van der Waals surface area contributed by atoms with Gasteiger partial charge < -0.3 is 10.0 Å². The van der Waals surface area contributed by atoms with E-state index in [-0.39, 0.29) is 23.5 Å². The maximum absolute atomic E-state index is 11.8. The summed E-state index contributed by atoms with van der Waals surface area (Å²) in [5.74, 6) is 0.0395. The molecule has 0 saturated carbocycles. The van der Waals surface area contributed by atoms with Gasteiger partial charge in [0, 0.05) is 12.6 Å². The predicted molar refractivity (Wildman–Crippen MR) is 64.5 cm³/mol. The summed E-state index contributed by atoms with van der Waals surface area (Å²) in [6.07, 6.45) is 2.23. The van der Waals surface area contributed by atoms with E-state index in [1.165, 1.54) is 18.2 Å². The van der Waals surface area contributed by atoms with E-state index in [1.807, 2.05) is 4.90 Å². The van der Waals surface area contributed by atoms with E-state index in [0.717, 1.165) is 13.0 Å². The largest absolute Gasteiger partial charge is 0.481 e. The number of aliphatic carboxylic acids is 1. The zero-order valence-corrected chi connectivity index (χ0v) is 10.6. The third kappa shape index (κ3) is 3.70. The van der Waals surface area contributed by atoms with Gasteiger partial charge in [-0.15, -0.1) is 11.8 Å². The van der Waals surface area contributed by atoms with Crippen molar-refractivity contribution in [2.24, 2.45) is 5.92 Å². The number of hydrogen-bond donors (Lipinski definition) is 1. The SMILES string of the molecule is CC1CCCN(C(=O)CSCC(=O)O)C1C. The molecule has 2 atom stereocenters. The number of carbonyl (C=O) groups excluding carboxylic acids is 1. The number of hydrogen-bond acceptors (Lipinski definition) is 3. The highest BCUT2D eigenvalue weighted by atomic mass is 32.2. The third-order valence-corrected chi connectivity index (χ3v) is 4.05. The van der Waals surface area contributed by atoms with Crippen LogP contribution in [0, 0.1) is 5.92 Å². The molecule has 5 heteroatoms. The van der Waals surface area contributed by atoms with Gasteiger partial charge in [0.05, 0.1) is 11.5 Å². The van der Waals surface area contributed by atoms with Crippen LogP contribution in [0.3, 0.4) is 0 Å². The zero-order valence-electron chi connectivity index (χ0n) is 9.81. The van der Waals surface area contributed by atoms with E-state index in [9.17, 15) is 9.59 Å². The number of rotatable bonds is 4. The highest BCUT2D eigenvalue weighted by molar-refractivity contribution is 8.00. The molecule has 0 aliphatic carbocycles. The normalized spacial score (nSPS) is 25.5. The van der Waals surface area contributed by atoms with Crippen molar-refractivity contribution in [3.63, 3.8) is 0 Å². The van der Waals surface area contributed by atoms with Crippen LogP contribution in [0.5, 0.6) is 0 Å². The molecule has 1 N–H and O–H groups in total. The van der Waals surface area contributed by atoms with Gasteiger partial charge in [0.25, 0.3) is 0 Å². The molecule has 1 aliphatic heterocycles. The molecular weight excluding hydrogens is 226 g/mol. The van der Waals surface area contributed by atoms with E-state index in [0.29, 0.717) is 5.92 Å². The lowest BCUT2D eigenvalue weighted by Gasteiger charge is -2.37. The standard InChI is InChI=1S/C11H19NO3S/c1-8-4-3-5-12(9(8)2)10(13)6-16-7-11(14)15/h8-9H,3-7H2,1-2H3,(H,14,15). The summed E-state index contributed by atoms with van der Waals surface area (Å²) in [6, 6.07) is 0.284. The number of thioether (sulfide) groups is 1. The Morgan fingerprint density at radius 2 is 2.06 bits per heavy atom. The van der Waals surface area contributed by atoms with Gasteiger partial charge in [-0.3, -0.25) is 9.59 Å². The molecular formula is C11H19NO3S. The molecule has 16 heavy (non-hydrogen) atoms. The summed E-state index contributed by atoms with van der Waals surface area (Å²) in [7, 11) is 0. The molecule has 0 spiro atoms. The average Bonchev–Trinajstić information content (AvgIpc) is 2.21. The van der Waals surface area contributed by atoms with Gasteiger partial charge in [0.15, 0.2) is 0 Å². The molecule has 2 unspecified atom stereocenters. The van der Waals surface area contributed by atoms with Crippen LogP contribution in [0.1, 0.15) is 26.7 Å². The number of likely N-dealkylation sites (tertiary alicyclic amines) is 1. The lowest BCUT2D eigenvalue weighted by Crippen LogP contribution is -2.46. The average molecular weight is 245 g/mol. The second-order valence-corrected chi connectivity index (χ2v) is 5.32. The van der Waals surface area contributed by atoms with Crippen molar-refractivity contribution in [2.75, 3.05) is 18.1 Å². The maximum atomic E-state index is 11.8. The van der Waals surface area contributed by atoms with Crippen molar-refractivity contribution >= 4 is 23.6 Å². The zero-order chi connectivity index (χ0) is 12.1. The molecule has 0 aromatic heterocycles. The molecule has 4 nitrogen and oxygen atoms in total. The first-order valence-corrected chi connectivity index (χ1v) is 6.77. The summed E-state index contributed by atoms with van der Waals surface area (Å²) < 4.78 is 0. The number of carboxylic acid groups (broad SMARTS) is 1. The van der Waals surface area contributed by atoms with Crippen LogP contribution in [-0.4, -0.2) is 46.0 Å². The highest BCUT2D eigenvalue weighted by Crippen LogP contribution is 2.23. The molecule has 1 rings (SSSR count). The van der Waals surface area contributed by atoms with Gasteiger partial charge in [0.1, 0.15) is 0 Å². The topological polar surface area (TPSA) is 57.6 Å². The van der Waals surface area contributed by atoms with Crippen molar-refractivity contribution in [1.82, 2.24) is 4.90 Å². The van der Waals surface area contributed by atoms with Crippen LogP contribution in [0.15, 0.2) is 0 Å². The molecule has 1 aliphatic rings. The Hall–Kier alpha value is -0.710. The lowest BCUT2D eigenvalue weighted by molar-refractivity contribution is -0.134. The van der Waals surface area contributed by atoms with Crippen LogP contribution >= 0.6 is 11.8 Å². The molecule has 1 fully saturated rings. The number of piperidine rings is 1. The van der Waals surface area contributed by atoms with Crippen molar-refractivity contribution in [3.05, 3.63) is 0 Å². The van der Waals surface area contributed by atoms with Gasteiger partial charge >= 0.3 is 5.97 Å². The second-order valence-electron chi connectivity index (χ2n) is 4.33. The Morgan fingerprint density at radius 1 is 1.38 bits per heavy atom. The highest BCUT2D eigenvalue weighted by Gasteiger charge is 2.27. The van der Waals surface area contributed by atoms with Gasteiger partial charge in [-0.2, -0.15) is 0 Å². The fourth-order valence-corrected chi connectivity index (χ4v) is 2.61. The fraction of sp³-hybridized carbons (Fsp3) is 0.818. The first-order valence-electron chi connectivity index (χ1n) is 5.61. The molecule has 0 bridgehead atoms. The summed E-state index contributed by atoms with van der Waals surface area (Å²) in [4.78, 5) is 24.1. The first-order chi connectivity index (χ1) is 7.52. The van der Waals surface area contributed by atoms with Crippen LogP contribution in [0.25, 0.3) is 0 Å². The molecule has 0 radical (unpaired) electrons. The van der Waals surface area contributed by atoms with Gasteiger partial charge in [-0.25, -0.2) is 0 Å². The van der Waals surface area contributed by atoms with Crippen molar-refractivity contribution in [3.8, 4) is 0 Å². The minimum Gasteiger partial charge on any atom is -0.481 e. The van der Waals surface area contributed by atoms with E-state index in [2.05, 4.69) is 13.8 Å². The van der Waals surface area contributed by atoms with Gasteiger partial charge in [-0.05, 0) is 25.7 Å². The van der Waals surface area contributed by atoms with E-state index >= 15 is 0 Å². The quantitative estimate of drug-likeness (QED) is 0.814. The van der Waals surface area contributed by atoms with Crippen LogP contribution < -0.4 is 0 Å². The Labute approximate surface area is 100 Å². The van der Waals surface area contributed by atoms with Gasteiger partial charge in [-0.1, -0.05) is 6.92 Å². The number of nitrogens with zero attached hydrogens (tertiary/aromatic N) is 1. The predicted octanol–water partition coefficient (Wildman–Crippen LogP) is 1.45. The lowest BCUT2D eigenvalue weighted by atomic mass is 9.92. The van der Waals surface area contributed by atoms with Crippen molar-refractivity contribution in [2.45, 2.75) is 32.7 Å². The Balaban J connectivity index is 2.37. The maximum Gasteiger partial charge on any atom is 0.313 e. The number of carbonyl (C=O) groups is 2. The van der Waals surface area contributed by atoms with E-state index in [1.54, 1.807) is 0 Å². The van der Waals surface area contributed by atoms with Crippen LogP contribution in [0.2, 0.25) is 0 Å². The monoisotopic (exact) mass is 245 g/mol. The fourth-order valence-electron chi connectivity index (χ4n) is 2.00. The Morgan fingerprint density at radius 3 is 2.69 bits per heavy atom. The number of carboxylic acids is 1. The first kappa shape index (κ1) is 13.4. The van der Waals surface area contributed by atoms with E-state index < -0.39 is 5.97 Å².